The van der Waals surface area contributed by atoms with Crippen molar-refractivity contribution in [1.82, 2.24) is 9.97 Å². The molecule has 0 unspecified atom stereocenters. The van der Waals surface area contributed by atoms with Gasteiger partial charge >= 0.3 is 0 Å². The van der Waals surface area contributed by atoms with E-state index in [-0.39, 0.29) is 18.5 Å². The fourth-order valence-electron chi connectivity index (χ4n) is 2.85. The number of ketones is 1. The number of aromatic nitrogens is 2. The topological polar surface area (TPSA) is 99.4 Å². The Morgan fingerprint density at radius 2 is 1.96 bits per heavy atom. The van der Waals surface area contributed by atoms with Crippen LogP contribution in [0.1, 0.15) is 22.8 Å². The van der Waals surface area contributed by atoms with E-state index in [2.05, 4.69) is 15.3 Å². The van der Waals surface area contributed by atoms with Crippen LogP contribution in [-0.4, -0.2) is 22.5 Å². The van der Waals surface area contributed by atoms with Crippen molar-refractivity contribution in [2.24, 2.45) is 0 Å². The number of carbonyl (C=O) groups is 1. The average Bonchev–Trinajstić information content (AvgIpc) is 3.14. The summed E-state index contributed by atoms with van der Waals surface area (Å²) in [5.41, 5.74) is 8.98. The maximum Gasteiger partial charge on any atom is 0.231 e. The van der Waals surface area contributed by atoms with E-state index >= 15 is 0 Å². The van der Waals surface area contributed by atoms with Gasteiger partial charge in [0.25, 0.3) is 0 Å². The number of ether oxygens (including phenoxy) is 2. The number of nitrogen functional groups attached to an aromatic ring is 1. The summed E-state index contributed by atoms with van der Waals surface area (Å²) in [4.78, 5) is 20.1. The van der Waals surface area contributed by atoms with Crippen LogP contribution < -0.4 is 20.5 Å². The molecule has 7 heteroatoms. The fourth-order valence-corrected chi connectivity index (χ4v) is 2.85. The summed E-state index contributed by atoms with van der Waals surface area (Å²) in [7, 11) is 0. The van der Waals surface area contributed by atoms with Crippen molar-refractivity contribution in [2.75, 3.05) is 17.8 Å². The third kappa shape index (κ3) is 3.67. The molecule has 1 aliphatic rings. The zero-order valence-electron chi connectivity index (χ0n) is 14.7. The van der Waals surface area contributed by atoms with E-state index in [1.807, 2.05) is 36.4 Å². The number of rotatable bonds is 5. The number of nitrogens with zero attached hydrogens (tertiary/aromatic N) is 2. The Morgan fingerprint density at radius 3 is 2.81 bits per heavy atom. The van der Waals surface area contributed by atoms with Gasteiger partial charge < -0.3 is 20.5 Å². The van der Waals surface area contributed by atoms with Crippen LogP contribution in [0.4, 0.5) is 11.8 Å². The van der Waals surface area contributed by atoms with Gasteiger partial charge in [-0.3, -0.25) is 4.79 Å². The molecular formula is C20H18N4O3. The zero-order chi connectivity index (χ0) is 18.8. The number of Topliss-reactive ketones (excluding diaryl/α,β-unsaturated/α-hetero) is 1. The molecule has 7 nitrogen and oxygen atoms in total. The lowest BCUT2D eigenvalue weighted by Gasteiger charge is -2.10. The molecule has 0 aliphatic carbocycles. The summed E-state index contributed by atoms with van der Waals surface area (Å²) < 4.78 is 10.7. The summed E-state index contributed by atoms with van der Waals surface area (Å²) in [5.74, 6) is 2.24. The Balaban J connectivity index is 1.56. The Hall–Kier alpha value is -3.61. The zero-order valence-corrected chi connectivity index (χ0v) is 14.7. The minimum absolute atomic E-state index is 0.0000321. The van der Waals surface area contributed by atoms with E-state index < -0.39 is 0 Å². The molecule has 0 radical (unpaired) electrons. The third-order valence-electron chi connectivity index (χ3n) is 4.22. The number of benzene rings is 2. The van der Waals surface area contributed by atoms with Crippen LogP contribution in [0.15, 0.2) is 48.5 Å². The number of nitrogens with two attached hydrogens (primary N) is 1. The summed E-state index contributed by atoms with van der Waals surface area (Å²) in [6, 6.07) is 14.9. The monoisotopic (exact) mass is 362 g/mol. The van der Waals surface area contributed by atoms with Crippen LogP contribution in [0.5, 0.6) is 11.5 Å². The maximum atomic E-state index is 11.6. The van der Waals surface area contributed by atoms with Gasteiger partial charge in [0.05, 0.1) is 5.69 Å². The first-order chi connectivity index (χ1) is 13.1. The van der Waals surface area contributed by atoms with Crippen LogP contribution in [0.25, 0.3) is 11.3 Å². The molecule has 1 aromatic heterocycles. The van der Waals surface area contributed by atoms with Crippen molar-refractivity contribution in [2.45, 2.75) is 13.5 Å². The number of fused-ring (bicyclic) bond motifs is 1. The first kappa shape index (κ1) is 16.8. The van der Waals surface area contributed by atoms with Gasteiger partial charge in [0.2, 0.25) is 12.7 Å². The largest absolute Gasteiger partial charge is 0.454 e. The van der Waals surface area contributed by atoms with Crippen molar-refractivity contribution >= 4 is 17.5 Å². The van der Waals surface area contributed by atoms with Crippen molar-refractivity contribution in [1.29, 1.82) is 0 Å². The summed E-state index contributed by atoms with van der Waals surface area (Å²) >= 11 is 0. The Kier molecular flexibility index (Phi) is 4.33. The van der Waals surface area contributed by atoms with E-state index in [0.29, 0.717) is 23.6 Å². The highest BCUT2D eigenvalue weighted by Crippen LogP contribution is 2.32. The lowest BCUT2D eigenvalue weighted by atomic mass is 10.1. The van der Waals surface area contributed by atoms with E-state index in [1.165, 1.54) is 6.92 Å². The van der Waals surface area contributed by atoms with Gasteiger partial charge in [-0.15, -0.1) is 0 Å². The molecule has 0 atom stereocenters. The van der Waals surface area contributed by atoms with E-state index in [1.54, 1.807) is 12.1 Å². The molecule has 0 fully saturated rings. The smallest absolute Gasteiger partial charge is 0.231 e. The van der Waals surface area contributed by atoms with Crippen LogP contribution >= 0.6 is 0 Å². The molecule has 0 amide bonds. The van der Waals surface area contributed by atoms with Crippen LogP contribution in [-0.2, 0) is 6.54 Å². The summed E-state index contributed by atoms with van der Waals surface area (Å²) in [6.07, 6.45) is 0. The van der Waals surface area contributed by atoms with E-state index in [4.69, 9.17) is 15.2 Å². The molecule has 27 heavy (non-hydrogen) atoms. The lowest BCUT2D eigenvalue weighted by Crippen LogP contribution is -2.05. The second kappa shape index (κ2) is 6.95. The highest BCUT2D eigenvalue weighted by Gasteiger charge is 2.13. The number of nitrogens with one attached hydrogen (secondary N) is 1. The summed E-state index contributed by atoms with van der Waals surface area (Å²) in [6.45, 7) is 2.32. The molecule has 0 saturated carbocycles. The molecule has 0 bridgehead atoms. The standard InChI is InChI=1S/C20H18N4O3/c1-12(25)14-3-2-4-15(8-14)16-9-19(24-20(21)23-16)22-10-13-5-6-17-18(7-13)27-11-26-17/h2-9H,10-11H2,1H3,(H3,21,22,23,24). The highest BCUT2D eigenvalue weighted by molar-refractivity contribution is 5.95. The van der Waals surface area contributed by atoms with Crippen molar-refractivity contribution in [3.63, 3.8) is 0 Å². The van der Waals surface area contributed by atoms with Gasteiger partial charge in [-0.2, -0.15) is 4.98 Å². The van der Waals surface area contributed by atoms with Gasteiger partial charge in [0, 0.05) is 23.7 Å². The quantitative estimate of drug-likeness (QED) is 0.672. The average molecular weight is 362 g/mol. The molecule has 3 aromatic rings. The fraction of sp³-hybridized carbons (Fsp3) is 0.150. The molecule has 2 heterocycles. The molecule has 0 spiro atoms. The van der Waals surface area contributed by atoms with Crippen molar-refractivity contribution in [3.8, 4) is 22.8 Å². The van der Waals surface area contributed by atoms with E-state index in [9.17, 15) is 4.79 Å². The second-order valence-electron chi connectivity index (χ2n) is 6.17. The van der Waals surface area contributed by atoms with Crippen molar-refractivity contribution < 1.29 is 14.3 Å². The number of hydrogen-bond acceptors (Lipinski definition) is 7. The van der Waals surface area contributed by atoms with Crippen LogP contribution in [0, 0.1) is 0 Å². The minimum Gasteiger partial charge on any atom is -0.454 e. The SMILES string of the molecule is CC(=O)c1cccc(-c2cc(NCc3ccc4c(c3)OCO4)nc(N)n2)c1. The highest BCUT2D eigenvalue weighted by atomic mass is 16.7. The Labute approximate surface area is 156 Å². The van der Waals surface area contributed by atoms with Crippen LogP contribution in [0.3, 0.4) is 0 Å². The van der Waals surface area contributed by atoms with Gasteiger partial charge in [-0.05, 0) is 30.7 Å². The Bertz CT molecular complexity index is 1020. The van der Waals surface area contributed by atoms with Gasteiger partial charge in [0.15, 0.2) is 17.3 Å². The minimum atomic E-state index is 0.0000321. The molecular weight excluding hydrogens is 344 g/mol. The number of carbonyl (C=O) groups excluding carboxylic acids is 1. The number of hydrogen-bond donors (Lipinski definition) is 2. The predicted octanol–water partition coefficient (Wildman–Crippen LogP) is 3.27. The molecule has 3 N–H and O–H groups in total. The van der Waals surface area contributed by atoms with Gasteiger partial charge in [-0.25, -0.2) is 4.98 Å². The molecule has 4 rings (SSSR count). The first-order valence-electron chi connectivity index (χ1n) is 8.47. The van der Waals surface area contributed by atoms with Gasteiger partial charge in [0.1, 0.15) is 5.82 Å². The Morgan fingerprint density at radius 1 is 1.11 bits per heavy atom. The predicted molar refractivity (Wildman–Crippen MR) is 102 cm³/mol. The van der Waals surface area contributed by atoms with Gasteiger partial charge in [-0.1, -0.05) is 24.3 Å². The first-order valence-corrected chi connectivity index (χ1v) is 8.47. The molecule has 1 aliphatic heterocycles. The maximum absolute atomic E-state index is 11.6. The normalized spacial score (nSPS) is 12.0. The molecule has 136 valence electrons. The molecule has 0 saturated heterocycles. The van der Waals surface area contributed by atoms with Crippen LogP contribution in [0.2, 0.25) is 0 Å². The third-order valence-corrected chi connectivity index (χ3v) is 4.22. The summed E-state index contributed by atoms with van der Waals surface area (Å²) in [5, 5.41) is 3.25. The second-order valence-corrected chi connectivity index (χ2v) is 6.17. The van der Waals surface area contributed by atoms with E-state index in [0.717, 1.165) is 22.6 Å². The molecule has 2 aromatic carbocycles. The lowest BCUT2D eigenvalue weighted by molar-refractivity contribution is 0.101. The van der Waals surface area contributed by atoms with Crippen molar-refractivity contribution in [3.05, 3.63) is 59.7 Å². The number of anilines is 2.